The highest BCUT2D eigenvalue weighted by atomic mass is 32.1. The maximum absolute atomic E-state index is 14.1. The molecule has 3 aromatic heterocycles. The van der Waals surface area contributed by atoms with Crippen LogP contribution in [0.25, 0.3) is 33.4 Å². The number of aromatic nitrogens is 3. The number of nitrogens with zero attached hydrogens (tertiary/aromatic N) is 4. The van der Waals surface area contributed by atoms with Crippen LogP contribution in [-0.2, 0) is 43.2 Å². The molecule has 0 unspecified atom stereocenters. The molecule has 1 aliphatic carbocycles. The molecule has 53 heavy (non-hydrogen) atoms. The summed E-state index contributed by atoms with van der Waals surface area (Å²) in [6.07, 6.45) is 3.49. The Morgan fingerprint density at radius 3 is 2.81 bits per heavy atom. The number of hydrogen-bond acceptors (Lipinski definition) is 10. The van der Waals surface area contributed by atoms with Crippen molar-refractivity contribution in [2.45, 2.75) is 85.0 Å². The highest BCUT2D eigenvalue weighted by Gasteiger charge is 2.51. The van der Waals surface area contributed by atoms with E-state index in [2.05, 4.69) is 60.3 Å². The number of thiazole rings is 1. The van der Waals surface area contributed by atoms with Crippen LogP contribution in [0.5, 0.6) is 0 Å². The van der Waals surface area contributed by atoms with E-state index in [1.807, 2.05) is 25.3 Å². The van der Waals surface area contributed by atoms with Crippen molar-refractivity contribution in [1.82, 2.24) is 30.3 Å². The summed E-state index contributed by atoms with van der Waals surface area (Å²) in [7, 11) is 1.69. The van der Waals surface area contributed by atoms with E-state index in [0.717, 1.165) is 51.2 Å². The average Bonchev–Trinajstić information content (AvgIpc) is 3.44. The van der Waals surface area contributed by atoms with E-state index < -0.39 is 23.5 Å². The van der Waals surface area contributed by atoms with Crippen molar-refractivity contribution >= 4 is 40.0 Å². The van der Waals surface area contributed by atoms with Gasteiger partial charge in [0.2, 0.25) is 5.91 Å². The van der Waals surface area contributed by atoms with E-state index in [1.54, 1.807) is 13.3 Å². The van der Waals surface area contributed by atoms with Crippen molar-refractivity contribution in [3.63, 3.8) is 0 Å². The first-order valence-electron chi connectivity index (χ1n) is 18.7. The van der Waals surface area contributed by atoms with Crippen LogP contribution in [0.3, 0.4) is 0 Å². The molecule has 3 aliphatic rings. The van der Waals surface area contributed by atoms with Crippen LogP contribution in [-0.4, -0.2) is 81.4 Å². The zero-order valence-electron chi connectivity index (χ0n) is 31.3. The third-order valence-corrected chi connectivity index (χ3v) is 12.1. The first-order valence-corrected chi connectivity index (χ1v) is 19.6. The summed E-state index contributed by atoms with van der Waals surface area (Å²) in [5, 5.41) is 18.0. The van der Waals surface area contributed by atoms with Gasteiger partial charge in [-0.05, 0) is 74.8 Å². The maximum Gasteiger partial charge on any atom is 0.324 e. The highest BCUT2D eigenvalue weighted by Crippen LogP contribution is 2.46. The molecule has 13 heteroatoms. The minimum absolute atomic E-state index is 0.0355. The van der Waals surface area contributed by atoms with Gasteiger partial charge < -0.3 is 24.5 Å². The van der Waals surface area contributed by atoms with Gasteiger partial charge in [-0.15, -0.1) is 11.3 Å². The van der Waals surface area contributed by atoms with Crippen molar-refractivity contribution in [2.24, 2.45) is 23.2 Å². The molecule has 282 valence electrons. The minimum Gasteiger partial charge on any atom is -0.464 e. The summed E-state index contributed by atoms with van der Waals surface area (Å²) < 4.78 is 14.1. The van der Waals surface area contributed by atoms with Gasteiger partial charge in [-0.2, -0.15) is 0 Å². The number of hydrogen-bond donors (Lipinski definition) is 3. The number of hydrazine groups is 1. The Kier molecular flexibility index (Phi) is 10.5. The molecule has 1 aromatic carbocycles. The van der Waals surface area contributed by atoms with Crippen LogP contribution < -0.4 is 10.7 Å². The van der Waals surface area contributed by atoms with E-state index >= 15 is 0 Å². The summed E-state index contributed by atoms with van der Waals surface area (Å²) >= 11 is 1.45. The minimum atomic E-state index is -0.910. The van der Waals surface area contributed by atoms with Gasteiger partial charge in [0.1, 0.15) is 12.1 Å². The number of carbonyl (C=O) groups excluding carboxylic acids is 3. The van der Waals surface area contributed by atoms with Gasteiger partial charge >= 0.3 is 5.97 Å². The van der Waals surface area contributed by atoms with Gasteiger partial charge in [-0.25, -0.2) is 10.4 Å². The second-order valence-corrected chi connectivity index (χ2v) is 16.4. The predicted octanol–water partition coefficient (Wildman–Crippen LogP) is 5.08. The van der Waals surface area contributed by atoms with Crippen LogP contribution in [0.15, 0.2) is 41.9 Å². The Bertz CT molecular complexity index is 2020. The number of esters is 1. The Morgan fingerprint density at radius 1 is 1.26 bits per heavy atom. The summed E-state index contributed by atoms with van der Waals surface area (Å²) in [6, 6.07) is 8.86. The van der Waals surface area contributed by atoms with Crippen LogP contribution in [0.1, 0.15) is 69.8 Å². The number of aryl methyl sites for hydroxylation is 1. The van der Waals surface area contributed by atoms with Crippen LogP contribution in [0.2, 0.25) is 0 Å². The molecule has 5 heterocycles. The smallest absolute Gasteiger partial charge is 0.324 e. The Hall–Kier alpha value is -4.17. The standard InChI is InChI=1S/C40H50N6O6S/c1-7-45-32-13-12-24-16-26(32)27(36(45)25-10-8-14-41-35(25)23(3)51-6)18-40(4,5)21-52-39(50)29-11-9-15-46(44-29)38(49)30(17-33-42-31(24)20-53-33)43-37(48)34-22(2)28(34)19-47/h8,10,12-14,16,20,22-23,28-30,34,44,47H,7,9,11,15,17-19,21H2,1-6H3,(H,43,48)/t22-,23+,28+,29+,30+,34+/m1/s1. The largest absolute Gasteiger partial charge is 0.464 e. The number of fused-ring (bicyclic) bond motifs is 6. The zero-order valence-corrected chi connectivity index (χ0v) is 32.2. The zero-order chi connectivity index (χ0) is 37.6. The number of nitrogens with one attached hydrogen (secondary N) is 2. The lowest BCUT2D eigenvalue weighted by atomic mass is 9.84. The third kappa shape index (κ3) is 7.24. The molecule has 0 radical (unpaired) electrons. The maximum atomic E-state index is 14.1. The van der Waals surface area contributed by atoms with E-state index in [0.29, 0.717) is 30.8 Å². The molecule has 0 spiro atoms. The van der Waals surface area contributed by atoms with Gasteiger partial charge in [0, 0.05) is 78.2 Å². The monoisotopic (exact) mass is 742 g/mol. The normalized spacial score (nSPS) is 25.1. The fourth-order valence-electron chi connectivity index (χ4n) is 8.09. The van der Waals surface area contributed by atoms with Crippen molar-refractivity contribution in [2.75, 3.05) is 26.9 Å². The number of ether oxygens (including phenoxy) is 2. The summed E-state index contributed by atoms with van der Waals surface area (Å²) in [5.41, 5.74) is 9.51. The SMILES string of the molecule is CCn1c(-c2cccnc2[C@H](C)OC)c2c3cc(ccc31)-c1csc(n1)C[C@H](NC(=O)[C@H]1[C@H](C)[C@@H]1CO)C(=O)N1CCC[C@H](N1)C(=O)OCC(C)(C)C2. The van der Waals surface area contributed by atoms with Crippen LogP contribution >= 0.6 is 11.3 Å². The lowest BCUT2D eigenvalue weighted by Crippen LogP contribution is -2.60. The van der Waals surface area contributed by atoms with Crippen molar-refractivity contribution in [3.8, 4) is 22.5 Å². The van der Waals surface area contributed by atoms with Crippen molar-refractivity contribution in [3.05, 3.63) is 58.2 Å². The average molecular weight is 743 g/mol. The number of benzene rings is 1. The number of cyclic esters (lactones) is 1. The number of pyridine rings is 1. The Balaban J connectivity index is 1.34. The molecule has 1 saturated carbocycles. The van der Waals surface area contributed by atoms with Crippen LogP contribution in [0.4, 0.5) is 0 Å². The topological polar surface area (TPSA) is 148 Å². The third-order valence-electron chi connectivity index (χ3n) is 11.2. The first kappa shape index (κ1) is 37.2. The fourth-order valence-corrected chi connectivity index (χ4v) is 8.94. The predicted molar refractivity (Wildman–Crippen MR) is 203 cm³/mol. The molecule has 6 bridgehead atoms. The number of amides is 2. The van der Waals surface area contributed by atoms with Crippen molar-refractivity contribution < 1.29 is 29.0 Å². The summed E-state index contributed by atoms with van der Waals surface area (Å²) in [6.45, 7) is 11.5. The lowest BCUT2D eigenvalue weighted by Gasteiger charge is -2.35. The molecule has 6 atom stereocenters. The fraction of sp³-hybridized carbons (Fsp3) is 0.525. The van der Waals surface area contributed by atoms with Gasteiger partial charge in [-0.3, -0.25) is 24.4 Å². The molecule has 7 rings (SSSR count). The van der Waals surface area contributed by atoms with E-state index in [-0.39, 0.29) is 55.3 Å². The number of rotatable bonds is 7. The van der Waals surface area contributed by atoms with Crippen molar-refractivity contribution in [1.29, 1.82) is 0 Å². The Labute approximate surface area is 314 Å². The molecule has 4 aromatic rings. The second kappa shape index (κ2) is 14.9. The van der Waals surface area contributed by atoms with Crippen LogP contribution in [0, 0.1) is 23.2 Å². The van der Waals surface area contributed by atoms with Gasteiger partial charge in [-0.1, -0.05) is 26.8 Å². The first-order chi connectivity index (χ1) is 25.4. The number of aliphatic hydroxyl groups excluding tert-OH is 1. The molecular weight excluding hydrogens is 693 g/mol. The Morgan fingerprint density at radius 2 is 2.08 bits per heavy atom. The molecule has 2 amide bonds. The summed E-state index contributed by atoms with van der Waals surface area (Å²) in [4.78, 5) is 50.9. The number of aliphatic hydroxyl groups is 1. The van der Waals surface area contributed by atoms with Gasteiger partial charge in [0.05, 0.1) is 34.8 Å². The second-order valence-electron chi connectivity index (χ2n) is 15.5. The number of methoxy groups -OCH3 is 1. The molecular formula is C40H50N6O6S. The molecule has 12 nitrogen and oxygen atoms in total. The highest BCUT2D eigenvalue weighted by molar-refractivity contribution is 7.10. The molecule has 1 saturated heterocycles. The molecule has 3 N–H and O–H groups in total. The lowest BCUT2D eigenvalue weighted by molar-refractivity contribution is -0.155. The van der Waals surface area contributed by atoms with Gasteiger partial charge in [0.15, 0.2) is 0 Å². The van der Waals surface area contributed by atoms with E-state index in [9.17, 15) is 19.5 Å². The molecule has 2 fully saturated rings. The number of carbonyl (C=O) groups is 3. The molecule has 2 aliphatic heterocycles. The van der Waals surface area contributed by atoms with E-state index in [4.69, 9.17) is 19.4 Å². The van der Waals surface area contributed by atoms with E-state index in [1.165, 1.54) is 16.3 Å². The quantitative estimate of drug-likeness (QED) is 0.221. The summed E-state index contributed by atoms with van der Waals surface area (Å²) in [5.74, 6) is -1.44. The van der Waals surface area contributed by atoms with Gasteiger partial charge in [0.25, 0.3) is 5.91 Å².